The normalized spacial score (nSPS) is 42.6. The molecule has 6 N–H and O–H groups in total. The van der Waals surface area contributed by atoms with Crippen LogP contribution < -0.4 is 36.9 Å². The van der Waals surface area contributed by atoms with E-state index in [9.17, 15) is 14.7 Å². The van der Waals surface area contributed by atoms with E-state index in [1.807, 2.05) is 6.07 Å². The largest absolute Gasteiger partial charge is 0.490 e. The lowest BCUT2D eigenvalue weighted by molar-refractivity contribution is -0.121. The summed E-state index contributed by atoms with van der Waals surface area (Å²) in [5, 5.41) is 33.3. The van der Waals surface area contributed by atoms with Gasteiger partial charge >= 0.3 is 5.63 Å². The third-order valence-electron chi connectivity index (χ3n) is 16.7. The van der Waals surface area contributed by atoms with Crippen LogP contribution in [0.4, 0.5) is 0 Å². The summed E-state index contributed by atoms with van der Waals surface area (Å²) in [7, 11) is 1.52. The summed E-state index contributed by atoms with van der Waals surface area (Å²) < 4.78 is 16.9. The second kappa shape index (κ2) is 15.4. The Hall–Kier alpha value is -3.22. The fourth-order valence-electron chi connectivity index (χ4n) is 13.7. The van der Waals surface area contributed by atoms with E-state index < -0.39 is 5.63 Å². The van der Waals surface area contributed by atoms with Gasteiger partial charge in [0.25, 0.3) is 0 Å². The van der Waals surface area contributed by atoms with E-state index >= 15 is 0 Å². The zero-order valence-corrected chi connectivity index (χ0v) is 34.6. The van der Waals surface area contributed by atoms with Gasteiger partial charge in [0.15, 0.2) is 11.2 Å². The van der Waals surface area contributed by atoms with E-state index in [0.717, 1.165) is 43.1 Å². The minimum absolute atomic E-state index is 0.0113. The number of methoxy groups -OCH3 is 1. The molecule has 5 saturated heterocycles. The van der Waals surface area contributed by atoms with Gasteiger partial charge in [-0.3, -0.25) is 4.79 Å². The van der Waals surface area contributed by atoms with Crippen LogP contribution in [-0.4, -0.2) is 72.6 Å². The Morgan fingerprint density at radius 3 is 2.30 bits per heavy atom. The van der Waals surface area contributed by atoms with Gasteiger partial charge in [0, 0.05) is 84.1 Å². The molecule has 18 atom stereocenters. The molecule has 2 aromatic heterocycles. The number of hydrogen-bond acceptors (Lipinski definition) is 10. The van der Waals surface area contributed by atoms with Crippen LogP contribution in [0, 0.1) is 53.3 Å². The number of hydrogen-bond donors (Lipinski definition) is 6. The molecule has 11 nitrogen and oxygen atoms in total. The first-order chi connectivity index (χ1) is 27.5. The number of furan rings is 1. The number of aliphatic hydroxyl groups excluding tert-OH is 1. The van der Waals surface area contributed by atoms with E-state index in [1.165, 1.54) is 19.6 Å². The van der Waals surface area contributed by atoms with Crippen molar-refractivity contribution >= 4 is 27.8 Å². The van der Waals surface area contributed by atoms with Crippen LogP contribution in [-0.2, 0) is 11.3 Å². The molecule has 57 heavy (non-hydrogen) atoms. The summed E-state index contributed by atoms with van der Waals surface area (Å²) in [5.41, 5.74) is 1.14. The maximum Gasteiger partial charge on any atom is 0.336 e. The van der Waals surface area contributed by atoms with Crippen molar-refractivity contribution in [3.8, 4) is 5.75 Å². The molecule has 0 radical (unpaired) electrons. The van der Waals surface area contributed by atoms with Crippen molar-refractivity contribution in [1.82, 2.24) is 26.6 Å². The second-order valence-corrected chi connectivity index (χ2v) is 19.1. The molecule has 18 unspecified atom stereocenters. The molecular formula is C46H65N5O6. The molecule has 0 spiro atoms. The quantitative estimate of drug-likeness (QED) is 0.128. The monoisotopic (exact) mass is 783 g/mol. The molecule has 9 rings (SSSR count). The summed E-state index contributed by atoms with van der Waals surface area (Å²) >= 11 is 0. The van der Waals surface area contributed by atoms with Gasteiger partial charge in [-0.2, -0.15) is 0 Å². The molecule has 1 amide bonds. The van der Waals surface area contributed by atoms with Crippen molar-refractivity contribution in [3.63, 3.8) is 0 Å². The minimum Gasteiger partial charge on any atom is -0.490 e. The highest BCUT2D eigenvalue weighted by molar-refractivity contribution is 6.04. The Bertz CT molecular complexity index is 2030. The van der Waals surface area contributed by atoms with Crippen molar-refractivity contribution < 1.29 is 23.5 Å². The SMILES string of the molecule is C=CC1C2CC3NC(CC4NC5C(CC(O)C5C4C)C4NC(CC(N2)C1C)C(C)C4CCC(=O)NCc1c2ccoc2c(OC)c2oc(=O)ccc12)C(CC)C3C. The number of benzene rings is 1. The molecule has 6 fully saturated rings. The Kier molecular flexibility index (Phi) is 10.6. The highest BCUT2D eigenvalue weighted by Crippen LogP contribution is 2.50. The molecule has 310 valence electrons. The molecule has 7 heterocycles. The first-order valence-corrected chi connectivity index (χ1v) is 22.1. The predicted molar refractivity (Wildman–Crippen MR) is 222 cm³/mol. The van der Waals surface area contributed by atoms with Crippen LogP contribution in [0.15, 0.2) is 50.7 Å². The number of carbonyl (C=O) groups excluding carboxylic acids is 1. The van der Waals surface area contributed by atoms with Gasteiger partial charge in [-0.1, -0.05) is 47.1 Å². The topological polar surface area (TPSA) is 150 Å². The minimum atomic E-state index is -0.478. The van der Waals surface area contributed by atoms with Crippen LogP contribution in [0.3, 0.4) is 0 Å². The first-order valence-electron chi connectivity index (χ1n) is 22.1. The molecular weight excluding hydrogens is 719 g/mol. The summed E-state index contributed by atoms with van der Waals surface area (Å²) in [5.74, 6) is 4.08. The van der Waals surface area contributed by atoms with Crippen LogP contribution in [0.1, 0.15) is 85.1 Å². The summed E-state index contributed by atoms with van der Waals surface area (Å²) in [6.07, 6.45) is 9.85. The summed E-state index contributed by atoms with van der Waals surface area (Å²) in [6, 6.07) is 7.83. The number of fused-ring (bicyclic) bond motifs is 10. The lowest BCUT2D eigenvalue weighted by Gasteiger charge is -2.32. The Labute approximate surface area is 336 Å². The molecule has 1 saturated carbocycles. The van der Waals surface area contributed by atoms with Gasteiger partial charge in [-0.05, 0) is 97.1 Å². The molecule has 6 aliphatic rings. The predicted octanol–water partition coefficient (Wildman–Crippen LogP) is 5.48. The van der Waals surface area contributed by atoms with Crippen LogP contribution in [0.25, 0.3) is 21.9 Å². The van der Waals surface area contributed by atoms with Crippen molar-refractivity contribution in [2.45, 2.75) is 141 Å². The number of nitrogens with one attached hydrogen (secondary N) is 5. The Morgan fingerprint density at radius 1 is 0.860 bits per heavy atom. The molecule has 3 aromatic rings. The average Bonchev–Trinajstić information content (AvgIpc) is 4.03. The van der Waals surface area contributed by atoms with E-state index in [-0.39, 0.29) is 48.4 Å². The molecule has 11 heteroatoms. The van der Waals surface area contributed by atoms with E-state index in [4.69, 9.17) is 13.6 Å². The smallest absolute Gasteiger partial charge is 0.336 e. The number of carbonyl (C=O) groups is 1. The Balaban J connectivity index is 0.974. The zero-order valence-electron chi connectivity index (χ0n) is 34.6. The van der Waals surface area contributed by atoms with Crippen LogP contribution in [0.2, 0.25) is 0 Å². The van der Waals surface area contributed by atoms with E-state index in [2.05, 4.69) is 73.9 Å². The number of rotatable bonds is 8. The fraction of sp³-hybridized carbons (Fsp3) is 0.696. The van der Waals surface area contributed by atoms with Gasteiger partial charge in [-0.15, -0.1) is 6.58 Å². The van der Waals surface area contributed by atoms with Crippen molar-refractivity contribution in [2.75, 3.05) is 7.11 Å². The molecule has 5 aliphatic heterocycles. The van der Waals surface area contributed by atoms with Gasteiger partial charge in [-0.25, -0.2) is 4.79 Å². The average molecular weight is 784 g/mol. The molecule has 8 bridgehead atoms. The van der Waals surface area contributed by atoms with Crippen molar-refractivity contribution in [1.29, 1.82) is 0 Å². The maximum absolute atomic E-state index is 13.8. The van der Waals surface area contributed by atoms with Gasteiger partial charge < -0.3 is 45.3 Å². The zero-order chi connectivity index (χ0) is 39.9. The van der Waals surface area contributed by atoms with Gasteiger partial charge in [0.2, 0.25) is 11.7 Å². The van der Waals surface area contributed by atoms with Crippen molar-refractivity contribution in [2.24, 2.45) is 53.3 Å². The van der Waals surface area contributed by atoms with E-state index in [1.54, 1.807) is 12.3 Å². The lowest BCUT2D eigenvalue weighted by Crippen LogP contribution is -2.48. The number of aliphatic hydroxyl groups is 1. The molecule has 1 aliphatic carbocycles. The van der Waals surface area contributed by atoms with E-state index in [0.29, 0.717) is 100 Å². The lowest BCUT2D eigenvalue weighted by atomic mass is 9.76. The summed E-state index contributed by atoms with van der Waals surface area (Å²) in [4.78, 5) is 26.0. The second-order valence-electron chi connectivity index (χ2n) is 19.1. The van der Waals surface area contributed by atoms with Gasteiger partial charge in [0.1, 0.15) is 0 Å². The van der Waals surface area contributed by atoms with Crippen LogP contribution >= 0.6 is 0 Å². The third kappa shape index (κ3) is 6.58. The Morgan fingerprint density at radius 2 is 1.53 bits per heavy atom. The highest BCUT2D eigenvalue weighted by atomic mass is 16.5. The number of amides is 1. The molecule has 1 aromatic carbocycles. The van der Waals surface area contributed by atoms with Crippen LogP contribution in [0.5, 0.6) is 5.75 Å². The first kappa shape index (κ1) is 39.3. The third-order valence-corrected chi connectivity index (χ3v) is 16.7. The fourth-order valence-corrected chi connectivity index (χ4v) is 13.7. The standard InChI is InChI=1S/C46H65N5O6/c1-8-25-21(3)32-17-34-23(5)27(10-12-39(53)47-20-31-28-11-13-40(54)57-45(28)46(55-7)44-29(31)14-15-56-44)42(50-34)30-16-38(52)41-24(6)35(51-43(30)41)19-37-26(9-2)22(4)33(49-37)18-36(25)48-32/h8,11,13-15,21-27,30,32-38,41-43,48-52H,1,9-10,12,16-20H2,2-7H3,(H,47,53). The number of ether oxygens (including phenoxy) is 1. The summed E-state index contributed by atoms with van der Waals surface area (Å²) in [6.45, 7) is 16.6. The highest BCUT2D eigenvalue weighted by Gasteiger charge is 2.58. The van der Waals surface area contributed by atoms with Crippen molar-refractivity contribution in [3.05, 3.63) is 53.1 Å². The van der Waals surface area contributed by atoms with Gasteiger partial charge in [0.05, 0.1) is 19.5 Å². The maximum atomic E-state index is 13.8.